The summed E-state index contributed by atoms with van der Waals surface area (Å²) in [6.07, 6.45) is 19.5. The Morgan fingerprint density at radius 2 is 1.00 bits per heavy atom. The van der Waals surface area contributed by atoms with Gasteiger partial charge in [0.2, 0.25) is 0 Å². The molecule has 0 radical (unpaired) electrons. The van der Waals surface area contributed by atoms with E-state index in [0.717, 1.165) is 12.8 Å². The summed E-state index contributed by atoms with van der Waals surface area (Å²) in [5.74, 6) is 3.08. The van der Waals surface area contributed by atoms with Crippen LogP contribution in [0.1, 0.15) is 12.8 Å². The molecule has 0 bridgehead atoms. The van der Waals surface area contributed by atoms with Crippen molar-refractivity contribution in [2.45, 2.75) is 24.0 Å². The fraction of sp³-hybridized carbons (Fsp3) is 0.600. The second-order valence-electron chi connectivity index (χ2n) is 8.49. The highest BCUT2D eigenvalue weighted by Crippen LogP contribution is 2.66. The van der Waals surface area contributed by atoms with Crippen molar-refractivity contribution < 1.29 is 10.2 Å². The molecule has 6 aliphatic carbocycles. The van der Waals surface area contributed by atoms with Gasteiger partial charge in [0.25, 0.3) is 0 Å². The lowest BCUT2D eigenvalue weighted by molar-refractivity contribution is -0.180. The van der Waals surface area contributed by atoms with Crippen molar-refractivity contribution in [2.75, 3.05) is 0 Å². The van der Waals surface area contributed by atoms with Gasteiger partial charge in [0.15, 0.2) is 0 Å². The Hall–Kier alpha value is -1.12. The molecular formula is C20H22O2. The van der Waals surface area contributed by atoms with Crippen LogP contribution in [0.15, 0.2) is 48.6 Å². The largest absolute Gasteiger partial charge is 0.386 e. The van der Waals surface area contributed by atoms with E-state index in [1.807, 2.05) is 0 Å². The average molecular weight is 294 g/mol. The molecule has 2 saturated carbocycles. The SMILES string of the molecule is O[C@]1([C@]2(O)C[C@@H]3C=C[C@H]4C=C[C@H]2[C@H]43)C[C@@H]2C=C[C@@H]3C=C[C@@H]1[C@@H]32. The second-order valence-corrected chi connectivity index (χ2v) is 8.49. The summed E-state index contributed by atoms with van der Waals surface area (Å²) in [6.45, 7) is 0. The molecular weight excluding hydrogens is 272 g/mol. The molecule has 0 aromatic rings. The zero-order valence-corrected chi connectivity index (χ0v) is 12.5. The highest BCUT2D eigenvalue weighted by molar-refractivity contribution is 5.37. The molecule has 0 aromatic heterocycles. The molecule has 0 unspecified atom stereocenters. The molecule has 2 fully saturated rings. The highest BCUT2D eigenvalue weighted by atomic mass is 16.4. The summed E-state index contributed by atoms with van der Waals surface area (Å²) in [7, 11) is 0. The van der Waals surface area contributed by atoms with Crippen molar-refractivity contribution in [3.63, 3.8) is 0 Å². The lowest BCUT2D eigenvalue weighted by atomic mass is 9.68. The van der Waals surface area contributed by atoms with E-state index >= 15 is 0 Å². The quantitative estimate of drug-likeness (QED) is 0.729. The van der Waals surface area contributed by atoms with Crippen LogP contribution in [-0.4, -0.2) is 21.4 Å². The van der Waals surface area contributed by atoms with Crippen LogP contribution in [0.3, 0.4) is 0 Å². The first-order valence-corrected chi connectivity index (χ1v) is 8.80. The van der Waals surface area contributed by atoms with Crippen LogP contribution in [0.5, 0.6) is 0 Å². The third-order valence-electron chi connectivity index (χ3n) is 7.90. The van der Waals surface area contributed by atoms with Gasteiger partial charge in [0.05, 0.1) is 0 Å². The van der Waals surface area contributed by atoms with Crippen LogP contribution in [0.4, 0.5) is 0 Å². The van der Waals surface area contributed by atoms with Crippen LogP contribution in [0.2, 0.25) is 0 Å². The van der Waals surface area contributed by atoms with Crippen LogP contribution < -0.4 is 0 Å². The monoisotopic (exact) mass is 294 g/mol. The van der Waals surface area contributed by atoms with Gasteiger partial charge in [-0.2, -0.15) is 0 Å². The molecule has 2 nitrogen and oxygen atoms in total. The summed E-state index contributed by atoms with van der Waals surface area (Å²) in [5, 5.41) is 23.4. The minimum atomic E-state index is -0.958. The first kappa shape index (κ1) is 12.3. The standard InChI is InChI=1S/C20H22O2/c21-19(9-13-3-1-11-5-7-15(19)17(11)13)20(22)10-14-4-2-12-6-8-16(20)18(12)14/h1-8,11-18,21-22H,9-10H2/t11-,12+,13-,14-,15-,16+,17+,18-,19-,20+/m0/s1. The van der Waals surface area contributed by atoms with E-state index in [-0.39, 0.29) is 11.8 Å². The Labute approximate surface area is 130 Å². The Kier molecular flexibility index (Phi) is 1.97. The van der Waals surface area contributed by atoms with Gasteiger partial charge < -0.3 is 10.2 Å². The normalized spacial score (nSPS) is 65.0. The fourth-order valence-corrected chi connectivity index (χ4v) is 7.06. The molecule has 0 aromatic carbocycles. The minimum absolute atomic E-state index is 0.123. The number of aliphatic hydroxyl groups is 2. The van der Waals surface area contributed by atoms with Gasteiger partial charge in [0.1, 0.15) is 11.2 Å². The van der Waals surface area contributed by atoms with Crippen molar-refractivity contribution in [1.29, 1.82) is 0 Å². The van der Waals surface area contributed by atoms with Crippen molar-refractivity contribution in [2.24, 2.45) is 47.3 Å². The lowest BCUT2D eigenvalue weighted by Crippen LogP contribution is -2.59. The van der Waals surface area contributed by atoms with Gasteiger partial charge in [-0.05, 0) is 48.3 Å². The Bertz CT molecular complexity index is 615. The summed E-state index contributed by atoms with van der Waals surface area (Å²) >= 11 is 0. The maximum Gasteiger partial charge on any atom is 0.101 e. The van der Waals surface area contributed by atoms with Crippen molar-refractivity contribution in [1.82, 2.24) is 0 Å². The maximum atomic E-state index is 11.7. The predicted octanol–water partition coefficient (Wildman–Crippen LogP) is 2.46. The van der Waals surface area contributed by atoms with Gasteiger partial charge >= 0.3 is 0 Å². The van der Waals surface area contributed by atoms with Crippen LogP contribution in [-0.2, 0) is 0 Å². The van der Waals surface area contributed by atoms with E-state index in [1.165, 1.54) is 0 Å². The van der Waals surface area contributed by atoms with Crippen LogP contribution in [0.25, 0.3) is 0 Å². The minimum Gasteiger partial charge on any atom is -0.386 e. The highest BCUT2D eigenvalue weighted by Gasteiger charge is 2.70. The molecule has 0 heterocycles. The number of hydrogen-bond acceptors (Lipinski definition) is 2. The second kappa shape index (κ2) is 3.52. The molecule has 22 heavy (non-hydrogen) atoms. The van der Waals surface area contributed by atoms with Crippen molar-refractivity contribution in [3.05, 3.63) is 48.6 Å². The molecule has 2 heteroatoms. The molecule has 0 amide bonds. The molecule has 0 saturated heterocycles. The Balaban J connectivity index is 1.47. The zero-order valence-electron chi connectivity index (χ0n) is 12.5. The van der Waals surface area contributed by atoms with Gasteiger partial charge in [-0.15, -0.1) is 0 Å². The van der Waals surface area contributed by atoms with Crippen molar-refractivity contribution >= 4 is 0 Å². The van der Waals surface area contributed by atoms with Gasteiger partial charge in [0, 0.05) is 11.8 Å². The van der Waals surface area contributed by atoms with E-state index in [1.54, 1.807) is 0 Å². The number of allylic oxidation sites excluding steroid dienone is 6. The van der Waals surface area contributed by atoms with Crippen molar-refractivity contribution in [3.8, 4) is 0 Å². The smallest absolute Gasteiger partial charge is 0.101 e. The lowest BCUT2D eigenvalue weighted by Gasteiger charge is -2.45. The Morgan fingerprint density at radius 1 is 0.591 bits per heavy atom. The summed E-state index contributed by atoms with van der Waals surface area (Å²) < 4.78 is 0. The van der Waals surface area contributed by atoms with Gasteiger partial charge in [-0.3, -0.25) is 0 Å². The van der Waals surface area contributed by atoms with Gasteiger partial charge in [-0.1, -0.05) is 48.6 Å². The molecule has 0 aliphatic heterocycles. The fourth-order valence-electron chi connectivity index (χ4n) is 7.06. The van der Waals surface area contributed by atoms with E-state index < -0.39 is 11.2 Å². The van der Waals surface area contributed by atoms with E-state index in [4.69, 9.17) is 0 Å². The molecule has 2 N–H and O–H groups in total. The molecule has 6 aliphatic rings. The van der Waals surface area contributed by atoms with E-state index in [9.17, 15) is 10.2 Å². The first-order chi connectivity index (χ1) is 10.6. The summed E-state index contributed by atoms with van der Waals surface area (Å²) in [5.41, 5.74) is -1.92. The number of rotatable bonds is 1. The van der Waals surface area contributed by atoms with Gasteiger partial charge in [-0.25, -0.2) is 0 Å². The number of hydrogen-bond donors (Lipinski definition) is 2. The van der Waals surface area contributed by atoms with Crippen LogP contribution >= 0.6 is 0 Å². The average Bonchev–Trinajstić information content (AvgIpc) is 3.24. The molecule has 10 atom stereocenters. The first-order valence-electron chi connectivity index (χ1n) is 8.80. The topological polar surface area (TPSA) is 40.5 Å². The third kappa shape index (κ3) is 1.11. The molecule has 6 rings (SSSR count). The van der Waals surface area contributed by atoms with E-state index in [0.29, 0.717) is 35.5 Å². The maximum absolute atomic E-state index is 11.7. The Morgan fingerprint density at radius 3 is 1.45 bits per heavy atom. The zero-order chi connectivity index (χ0) is 14.7. The van der Waals surface area contributed by atoms with Crippen LogP contribution in [0, 0.1) is 47.3 Å². The van der Waals surface area contributed by atoms with E-state index in [2.05, 4.69) is 48.6 Å². The molecule has 0 spiro atoms. The third-order valence-corrected chi connectivity index (χ3v) is 7.90. The summed E-state index contributed by atoms with van der Waals surface area (Å²) in [6, 6.07) is 0. The molecule has 114 valence electrons. The summed E-state index contributed by atoms with van der Waals surface area (Å²) in [4.78, 5) is 0. The predicted molar refractivity (Wildman–Crippen MR) is 83.6 cm³/mol.